The minimum atomic E-state index is -2.00. The van der Waals surface area contributed by atoms with Gasteiger partial charge in [-0.15, -0.1) is 0 Å². The van der Waals surface area contributed by atoms with Crippen LogP contribution in [0.3, 0.4) is 0 Å². The molecule has 0 bridgehead atoms. The van der Waals surface area contributed by atoms with Gasteiger partial charge in [0.05, 0.1) is 12.9 Å². The van der Waals surface area contributed by atoms with E-state index >= 15 is 0 Å². The van der Waals surface area contributed by atoms with Gasteiger partial charge < -0.3 is 19.0 Å². The zero-order valence-electron chi connectivity index (χ0n) is 15.3. The fourth-order valence-electron chi connectivity index (χ4n) is 2.84. The molecule has 1 aromatic heterocycles. The lowest BCUT2D eigenvalue weighted by molar-refractivity contribution is -0.164. The van der Waals surface area contributed by atoms with Gasteiger partial charge in [0, 0.05) is 0 Å². The van der Waals surface area contributed by atoms with Crippen LogP contribution in [0.5, 0.6) is 0 Å². The molecule has 6 nitrogen and oxygen atoms in total. The van der Waals surface area contributed by atoms with Gasteiger partial charge in [-0.2, -0.15) is 0 Å². The molecule has 0 saturated heterocycles. The highest BCUT2D eigenvalue weighted by molar-refractivity contribution is 5.90. The molecule has 0 amide bonds. The summed E-state index contributed by atoms with van der Waals surface area (Å²) in [6, 6.07) is 18.5. The molecule has 28 heavy (non-hydrogen) atoms. The van der Waals surface area contributed by atoms with Crippen molar-refractivity contribution in [2.75, 3.05) is 6.61 Å². The first kappa shape index (κ1) is 19.4. The van der Waals surface area contributed by atoms with Crippen LogP contribution in [0.4, 0.5) is 0 Å². The Kier molecular flexibility index (Phi) is 5.91. The number of hydrogen-bond acceptors (Lipinski definition) is 6. The van der Waals surface area contributed by atoms with E-state index in [-0.39, 0.29) is 24.5 Å². The van der Waals surface area contributed by atoms with Crippen LogP contribution in [0.2, 0.25) is 0 Å². The molecular weight excluding hydrogens is 360 g/mol. The van der Waals surface area contributed by atoms with E-state index in [1.807, 2.05) is 0 Å². The lowest BCUT2D eigenvalue weighted by atomic mass is 9.86. The Labute approximate surface area is 162 Å². The SMILES string of the molecule is CCOC(=O)c1ccoc1COC(=O)C(O)(c1ccccc1)c1ccccc1. The minimum absolute atomic E-state index is 0.148. The van der Waals surface area contributed by atoms with E-state index < -0.39 is 17.5 Å². The van der Waals surface area contributed by atoms with Gasteiger partial charge in [0.2, 0.25) is 5.60 Å². The second-order valence-electron chi connectivity index (χ2n) is 6.00. The number of benzene rings is 2. The van der Waals surface area contributed by atoms with Crippen molar-refractivity contribution in [3.63, 3.8) is 0 Å². The van der Waals surface area contributed by atoms with Crippen LogP contribution < -0.4 is 0 Å². The van der Waals surface area contributed by atoms with Crippen molar-refractivity contribution in [3.05, 3.63) is 95.4 Å². The highest BCUT2D eigenvalue weighted by Gasteiger charge is 2.41. The lowest BCUT2D eigenvalue weighted by Crippen LogP contribution is -2.38. The first-order valence-corrected chi connectivity index (χ1v) is 8.81. The van der Waals surface area contributed by atoms with Crippen LogP contribution in [0.25, 0.3) is 0 Å². The summed E-state index contributed by atoms with van der Waals surface area (Å²) in [4.78, 5) is 24.9. The third-order valence-electron chi connectivity index (χ3n) is 4.25. The summed E-state index contributed by atoms with van der Waals surface area (Å²) in [5, 5.41) is 11.3. The third kappa shape index (κ3) is 3.82. The summed E-state index contributed by atoms with van der Waals surface area (Å²) in [6.45, 7) is 1.59. The maximum absolute atomic E-state index is 12.9. The van der Waals surface area contributed by atoms with Crippen molar-refractivity contribution < 1.29 is 28.6 Å². The van der Waals surface area contributed by atoms with Crippen molar-refractivity contribution in [3.8, 4) is 0 Å². The van der Waals surface area contributed by atoms with Crippen LogP contribution in [-0.2, 0) is 26.5 Å². The molecular formula is C22H20O6. The molecule has 0 unspecified atom stereocenters. The summed E-state index contributed by atoms with van der Waals surface area (Å²) in [5.74, 6) is -1.30. The van der Waals surface area contributed by atoms with Crippen molar-refractivity contribution in [2.45, 2.75) is 19.1 Å². The predicted octanol–water partition coefficient (Wildman–Crippen LogP) is 3.44. The van der Waals surface area contributed by atoms with Gasteiger partial charge in [-0.3, -0.25) is 0 Å². The average Bonchev–Trinajstić information content (AvgIpc) is 3.21. The van der Waals surface area contributed by atoms with Crippen molar-refractivity contribution in [1.82, 2.24) is 0 Å². The van der Waals surface area contributed by atoms with Gasteiger partial charge in [0.25, 0.3) is 0 Å². The standard InChI is InChI=1S/C22H20O6/c1-2-26-20(23)18-13-14-27-19(18)15-28-21(24)22(25,16-9-5-3-6-10-16)17-11-7-4-8-12-17/h3-14,25H,2,15H2,1H3. The quantitative estimate of drug-likeness (QED) is 0.632. The number of carbonyl (C=O) groups excluding carboxylic acids is 2. The van der Waals surface area contributed by atoms with E-state index in [9.17, 15) is 14.7 Å². The van der Waals surface area contributed by atoms with Crippen LogP contribution >= 0.6 is 0 Å². The normalized spacial score (nSPS) is 11.1. The molecule has 3 aromatic rings. The van der Waals surface area contributed by atoms with Gasteiger partial charge >= 0.3 is 11.9 Å². The minimum Gasteiger partial charge on any atom is -0.465 e. The maximum atomic E-state index is 12.9. The molecule has 6 heteroatoms. The van der Waals surface area contributed by atoms with Crippen LogP contribution in [0.15, 0.2) is 77.4 Å². The molecule has 1 heterocycles. The monoisotopic (exact) mass is 380 g/mol. The molecule has 3 rings (SSSR count). The fraction of sp³-hybridized carbons (Fsp3) is 0.182. The molecule has 0 aliphatic rings. The van der Waals surface area contributed by atoms with Gasteiger partial charge in [-0.25, -0.2) is 9.59 Å². The third-order valence-corrected chi connectivity index (χ3v) is 4.25. The van der Waals surface area contributed by atoms with E-state index in [1.54, 1.807) is 67.6 Å². The molecule has 0 aliphatic carbocycles. The van der Waals surface area contributed by atoms with Crippen LogP contribution in [0, 0.1) is 0 Å². The van der Waals surface area contributed by atoms with Crippen molar-refractivity contribution >= 4 is 11.9 Å². The average molecular weight is 380 g/mol. The second-order valence-corrected chi connectivity index (χ2v) is 6.00. The van der Waals surface area contributed by atoms with E-state index in [1.165, 1.54) is 12.3 Å². The fourth-order valence-corrected chi connectivity index (χ4v) is 2.84. The lowest BCUT2D eigenvalue weighted by Gasteiger charge is -2.27. The second kappa shape index (κ2) is 8.54. The summed E-state index contributed by atoms with van der Waals surface area (Å²) >= 11 is 0. The van der Waals surface area contributed by atoms with Crippen molar-refractivity contribution in [2.24, 2.45) is 0 Å². The zero-order valence-corrected chi connectivity index (χ0v) is 15.3. The molecule has 1 N–H and O–H groups in total. The maximum Gasteiger partial charge on any atom is 0.348 e. The Morgan fingerprint density at radius 3 is 2.04 bits per heavy atom. The molecule has 2 aromatic carbocycles. The summed E-state index contributed by atoms with van der Waals surface area (Å²) < 4.78 is 15.5. The molecule has 0 aliphatic heterocycles. The Morgan fingerprint density at radius 2 is 1.50 bits per heavy atom. The highest BCUT2D eigenvalue weighted by Crippen LogP contribution is 2.31. The number of ether oxygens (including phenoxy) is 2. The first-order valence-electron chi connectivity index (χ1n) is 8.81. The molecule has 0 atom stereocenters. The summed E-state index contributed by atoms with van der Waals surface area (Å²) in [5.41, 5.74) is -1.08. The zero-order chi connectivity index (χ0) is 20.0. The van der Waals surface area contributed by atoms with E-state index in [0.29, 0.717) is 11.1 Å². The number of carbonyl (C=O) groups is 2. The van der Waals surface area contributed by atoms with E-state index in [4.69, 9.17) is 13.9 Å². The molecule has 0 fully saturated rings. The van der Waals surface area contributed by atoms with Crippen LogP contribution in [0.1, 0.15) is 34.2 Å². The number of rotatable bonds is 7. The van der Waals surface area contributed by atoms with Crippen LogP contribution in [-0.4, -0.2) is 23.7 Å². The largest absolute Gasteiger partial charge is 0.465 e. The predicted molar refractivity (Wildman–Crippen MR) is 100 cm³/mol. The molecule has 144 valence electrons. The van der Waals surface area contributed by atoms with Crippen molar-refractivity contribution in [1.29, 1.82) is 0 Å². The Hall–Kier alpha value is -3.38. The summed E-state index contributed by atoms with van der Waals surface area (Å²) in [7, 11) is 0. The molecule has 0 radical (unpaired) electrons. The number of aliphatic hydroxyl groups is 1. The first-order chi connectivity index (χ1) is 13.6. The number of furan rings is 1. The van der Waals surface area contributed by atoms with Gasteiger partial charge in [0.1, 0.15) is 12.2 Å². The molecule has 0 spiro atoms. The van der Waals surface area contributed by atoms with E-state index in [2.05, 4.69) is 0 Å². The van der Waals surface area contributed by atoms with Gasteiger partial charge in [-0.1, -0.05) is 60.7 Å². The Bertz CT molecular complexity index is 890. The van der Waals surface area contributed by atoms with Gasteiger partial charge in [-0.05, 0) is 24.1 Å². The Morgan fingerprint density at radius 1 is 0.929 bits per heavy atom. The Balaban J connectivity index is 1.86. The van der Waals surface area contributed by atoms with Gasteiger partial charge in [0.15, 0.2) is 5.76 Å². The van der Waals surface area contributed by atoms with E-state index in [0.717, 1.165) is 0 Å². The highest BCUT2D eigenvalue weighted by atomic mass is 16.6. The summed E-state index contributed by atoms with van der Waals surface area (Å²) in [6.07, 6.45) is 1.32. The number of hydrogen-bond donors (Lipinski definition) is 1. The molecule has 0 saturated carbocycles. The smallest absolute Gasteiger partial charge is 0.348 e. The topological polar surface area (TPSA) is 86.0 Å². The number of esters is 2.